The summed E-state index contributed by atoms with van der Waals surface area (Å²) in [6, 6.07) is 15.2. The van der Waals surface area contributed by atoms with Crippen molar-refractivity contribution in [1.82, 2.24) is 4.98 Å². The molecule has 0 spiro atoms. The highest BCUT2D eigenvalue weighted by atomic mass is 35.5. The minimum Gasteiger partial charge on any atom is -0.478 e. The first kappa shape index (κ1) is 19.1. The van der Waals surface area contributed by atoms with Crippen LogP contribution in [0.3, 0.4) is 0 Å². The predicted octanol–water partition coefficient (Wildman–Crippen LogP) is 4.44. The van der Waals surface area contributed by atoms with Gasteiger partial charge in [0.15, 0.2) is 0 Å². The molecule has 6 nitrogen and oxygen atoms in total. The molecule has 28 heavy (non-hydrogen) atoms. The number of pyridine rings is 1. The van der Waals surface area contributed by atoms with Gasteiger partial charge in [-0.05, 0) is 43.3 Å². The molecule has 1 amide bonds. The number of hydrogen-bond donors (Lipinski definition) is 2. The van der Waals surface area contributed by atoms with E-state index in [1.807, 2.05) is 31.2 Å². The van der Waals surface area contributed by atoms with Crippen LogP contribution in [0.4, 0.5) is 5.69 Å². The van der Waals surface area contributed by atoms with E-state index < -0.39 is 11.9 Å². The van der Waals surface area contributed by atoms with Crippen molar-refractivity contribution >= 4 is 46.1 Å². The molecule has 138 valence electrons. The highest BCUT2D eigenvalue weighted by Gasteiger charge is 2.15. The summed E-state index contributed by atoms with van der Waals surface area (Å²) >= 11 is 6.20. The lowest BCUT2D eigenvalue weighted by Gasteiger charge is -2.08. The lowest BCUT2D eigenvalue weighted by atomic mass is 10.1. The molecule has 1 heterocycles. The average molecular weight is 392 g/mol. The van der Waals surface area contributed by atoms with Crippen molar-refractivity contribution < 1.29 is 14.7 Å². The number of aryl methyl sites for hydroxylation is 1. The van der Waals surface area contributed by atoms with Crippen molar-refractivity contribution in [2.75, 3.05) is 5.32 Å². The molecule has 0 fully saturated rings. The number of aromatic carboxylic acids is 1. The monoisotopic (exact) mass is 391 g/mol. The Labute approximate surface area is 165 Å². The third-order valence-corrected chi connectivity index (χ3v) is 4.32. The van der Waals surface area contributed by atoms with Gasteiger partial charge in [-0.2, -0.15) is 5.26 Å². The zero-order valence-corrected chi connectivity index (χ0v) is 15.5. The second kappa shape index (κ2) is 7.91. The minimum atomic E-state index is -1.18. The first-order valence-corrected chi connectivity index (χ1v) is 8.59. The Kier molecular flexibility index (Phi) is 5.39. The Morgan fingerprint density at radius 3 is 2.68 bits per heavy atom. The molecule has 3 aromatic rings. The van der Waals surface area contributed by atoms with E-state index in [-0.39, 0.29) is 22.0 Å². The van der Waals surface area contributed by atoms with Gasteiger partial charge in [0.25, 0.3) is 5.91 Å². The van der Waals surface area contributed by atoms with Crippen molar-refractivity contribution in [3.8, 4) is 6.07 Å². The van der Waals surface area contributed by atoms with Crippen LogP contribution < -0.4 is 5.32 Å². The summed E-state index contributed by atoms with van der Waals surface area (Å²) < 4.78 is 0. The molecule has 2 N–H and O–H groups in total. The van der Waals surface area contributed by atoms with Crippen molar-refractivity contribution in [3.63, 3.8) is 0 Å². The van der Waals surface area contributed by atoms with Gasteiger partial charge in [0.1, 0.15) is 16.8 Å². The van der Waals surface area contributed by atoms with Crippen LogP contribution in [0.2, 0.25) is 5.15 Å². The fraction of sp³-hybridized carbons (Fsp3) is 0.0476. The number of anilines is 1. The molecule has 0 unspecified atom stereocenters. The number of amides is 1. The quantitative estimate of drug-likeness (QED) is 0.388. The van der Waals surface area contributed by atoms with E-state index in [0.717, 1.165) is 10.9 Å². The lowest BCUT2D eigenvalue weighted by Crippen LogP contribution is -2.16. The SMILES string of the molecule is Cc1ccc2nc(Cl)c(/C=C(/C#N)C(=O)Nc3ccccc3C(=O)O)cc2c1. The standard InChI is InChI=1S/C21H14ClN3O3/c1-12-6-7-17-13(8-12)9-14(19(22)24-17)10-15(11-23)20(26)25-18-5-3-2-4-16(18)21(27)28/h2-10H,1H3,(H,25,26)(H,27,28)/b15-10-. The Morgan fingerprint density at radius 1 is 1.21 bits per heavy atom. The Hall–Kier alpha value is -3.69. The number of carboxylic acid groups (broad SMARTS) is 1. The number of halogens is 1. The molecule has 0 saturated carbocycles. The summed E-state index contributed by atoms with van der Waals surface area (Å²) in [5, 5.41) is 22.0. The Morgan fingerprint density at radius 2 is 1.96 bits per heavy atom. The maximum Gasteiger partial charge on any atom is 0.337 e. The van der Waals surface area contributed by atoms with Gasteiger partial charge in [-0.3, -0.25) is 4.79 Å². The highest BCUT2D eigenvalue weighted by Crippen LogP contribution is 2.24. The summed E-state index contributed by atoms with van der Waals surface area (Å²) in [7, 11) is 0. The maximum atomic E-state index is 12.5. The first-order valence-electron chi connectivity index (χ1n) is 8.21. The number of hydrogen-bond acceptors (Lipinski definition) is 4. The molecule has 0 atom stereocenters. The van der Waals surface area contributed by atoms with E-state index in [1.165, 1.54) is 18.2 Å². The molecule has 0 aliphatic heterocycles. The second-order valence-corrected chi connectivity index (χ2v) is 6.40. The van der Waals surface area contributed by atoms with Crippen LogP contribution in [0.15, 0.2) is 54.1 Å². The third kappa shape index (κ3) is 4.00. The van der Waals surface area contributed by atoms with Crippen LogP contribution in [0, 0.1) is 18.3 Å². The van der Waals surface area contributed by atoms with Crippen LogP contribution in [0.25, 0.3) is 17.0 Å². The molecule has 7 heteroatoms. The van der Waals surface area contributed by atoms with Gasteiger partial charge in [-0.1, -0.05) is 35.4 Å². The van der Waals surface area contributed by atoms with Gasteiger partial charge in [-0.15, -0.1) is 0 Å². The van der Waals surface area contributed by atoms with E-state index >= 15 is 0 Å². The molecule has 0 radical (unpaired) electrons. The minimum absolute atomic E-state index is 0.0750. The van der Waals surface area contributed by atoms with Gasteiger partial charge in [-0.25, -0.2) is 9.78 Å². The molecule has 0 aliphatic carbocycles. The number of nitrogens with zero attached hydrogens (tertiary/aromatic N) is 2. The number of carboxylic acids is 1. The summed E-state index contributed by atoms with van der Waals surface area (Å²) in [6.07, 6.45) is 1.33. The number of nitrogens with one attached hydrogen (secondary N) is 1. The number of rotatable bonds is 4. The fourth-order valence-electron chi connectivity index (χ4n) is 2.66. The molecule has 2 aromatic carbocycles. The topological polar surface area (TPSA) is 103 Å². The van der Waals surface area contributed by atoms with Gasteiger partial charge in [0.05, 0.1) is 16.8 Å². The number of aromatic nitrogens is 1. The third-order valence-electron chi connectivity index (χ3n) is 4.02. The lowest BCUT2D eigenvalue weighted by molar-refractivity contribution is -0.112. The number of nitriles is 1. The van der Waals surface area contributed by atoms with E-state index in [0.29, 0.717) is 11.1 Å². The first-order chi connectivity index (χ1) is 13.4. The summed E-state index contributed by atoms with van der Waals surface area (Å²) in [5.41, 5.74) is 1.95. The molecule has 0 bridgehead atoms. The smallest absolute Gasteiger partial charge is 0.337 e. The van der Waals surface area contributed by atoms with Crippen LogP contribution in [0.5, 0.6) is 0 Å². The molecular formula is C21H14ClN3O3. The Bertz CT molecular complexity index is 1180. The van der Waals surface area contributed by atoms with Gasteiger partial charge < -0.3 is 10.4 Å². The van der Waals surface area contributed by atoms with Gasteiger partial charge in [0, 0.05) is 10.9 Å². The number of carbonyl (C=O) groups excluding carboxylic acids is 1. The van der Waals surface area contributed by atoms with E-state index in [9.17, 15) is 20.0 Å². The summed E-state index contributed by atoms with van der Waals surface area (Å²) in [6.45, 7) is 1.94. The molecule has 1 aromatic heterocycles. The molecule has 3 rings (SSSR count). The number of para-hydroxylation sites is 1. The van der Waals surface area contributed by atoms with Crippen LogP contribution in [-0.4, -0.2) is 22.0 Å². The van der Waals surface area contributed by atoms with Crippen molar-refractivity contribution in [1.29, 1.82) is 5.26 Å². The van der Waals surface area contributed by atoms with Crippen LogP contribution in [0.1, 0.15) is 21.5 Å². The maximum absolute atomic E-state index is 12.5. The zero-order valence-electron chi connectivity index (χ0n) is 14.7. The number of carbonyl (C=O) groups is 2. The highest BCUT2D eigenvalue weighted by molar-refractivity contribution is 6.31. The van der Waals surface area contributed by atoms with Gasteiger partial charge >= 0.3 is 5.97 Å². The second-order valence-electron chi connectivity index (χ2n) is 6.04. The number of benzene rings is 2. The average Bonchev–Trinajstić information content (AvgIpc) is 2.66. The van der Waals surface area contributed by atoms with E-state index in [4.69, 9.17) is 11.6 Å². The van der Waals surface area contributed by atoms with E-state index in [1.54, 1.807) is 18.2 Å². The van der Waals surface area contributed by atoms with E-state index in [2.05, 4.69) is 10.3 Å². The van der Waals surface area contributed by atoms with Crippen molar-refractivity contribution in [2.24, 2.45) is 0 Å². The van der Waals surface area contributed by atoms with Crippen molar-refractivity contribution in [3.05, 3.63) is 75.9 Å². The number of fused-ring (bicyclic) bond motifs is 1. The zero-order chi connectivity index (χ0) is 20.3. The predicted molar refractivity (Wildman–Crippen MR) is 107 cm³/mol. The van der Waals surface area contributed by atoms with Crippen LogP contribution >= 0.6 is 11.6 Å². The normalized spacial score (nSPS) is 11.1. The Balaban J connectivity index is 1.97. The molecule has 0 saturated heterocycles. The summed E-state index contributed by atoms with van der Waals surface area (Å²) in [5.74, 6) is -1.92. The molecular weight excluding hydrogens is 378 g/mol. The van der Waals surface area contributed by atoms with Crippen molar-refractivity contribution in [2.45, 2.75) is 6.92 Å². The molecule has 0 aliphatic rings. The fourth-order valence-corrected chi connectivity index (χ4v) is 2.86. The van der Waals surface area contributed by atoms with Gasteiger partial charge in [0.2, 0.25) is 0 Å². The summed E-state index contributed by atoms with van der Waals surface area (Å²) in [4.78, 5) is 28.1. The largest absolute Gasteiger partial charge is 0.478 e. The van der Waals surface area contributed by atoms with Crippen LogP contribution in [-0.2, 0) is 4.79 Å².